The smallest absolute Gasteiger partial charge is 0.240 e. The number of hydrogen-bond acceptors (Lipinski definition) is 3. The van der Waals surface area contributed by atoms with Gasteiger partial charge in [0.05, 0.1) is 4.90 Å². The van der Waals surface area contributed by atoms with Gasteiger partial charge in [0.15, 0.2) is 0 Å². The molecule has 0 aliphatic heterocycles. The molecule has 0 aliphatic rings. The predicted molar refractivity (Wildman–Crippen MR) is 105 cm³/mol. The Balaban J connectivity index is 1.86. The molecule has 1 amide bonds. The van der Waals surface area contributed by atoms with E-state index in [1.165, 1.54) is 5.56 Å². The van der Waals surface area contributed by atoms with Gasteiger partial charge in [-0.15, -0.1) is 0 Å². The lowest BCUT2D eigenvalue weighted by atomic mass is 10.1. The second-order valence-corrected chi connectivity index (χ2v) is 8.16. The Morgan fingerprint density at radius 3 is 2.31 bits per heavy atom. The minimum atomic E-state index is -3.61. The van der Waals surface area contributed by atoms with Gasteiger partial charge >= 0.3 is 0 Å². The summed E-state index contributed by atoms with van der Waals surface area (Å²) in [7, 11) is -3.61. The highest BCUT2D eigenvalue weighted by molar-refractivity contribution is 7.89. The first-order chi connectivity index (χ1) is 12.3. The molecule has 140 valence electrons. The van der Waals surface area contributed by atoms with Crippen LogP contribution in [0.1, 0.15) is 36.5 Å². The summed E-state index contributed by atoms with van der Waals surface area (Å²) >= 11 is 0. The number of nitrogens with one attached hydrogen (secondary N) is 2. The third-order valence-electron chi connectivity index (χ3n) is 4.21. The van der Waals surface area contributed by atoms with E-state index in [0.717, 1.165) is 24.0 Å². The van der Waals surface area contributed by atoms with Crippen molar-refractivity contribution in [3.05, 3.63) is 59.2 Å². The van der Waals surface area contributed by atoms with Crippen molar-refractivity contribution < 1.29 is 13.2 Å². The Bertz CT molecular complexity index is 859. The van der Waals surface area contributed by atoms with Gasteiger partial charge in [-0.1, -0.05) is 31.5 Å². The number of benzene rings is 2. The molecule has 0 fully saturated rings. The quantitative estimate of drug-likeness (QED) is 0.742. The average molecular weight is 375 g/mol. The third kappa shape index (κ3) is 5.68. The van der Waals surface area contributed by atoms with Crippen LogP contribution in [0.2, 0.25) is 0 Å². The van der Waals surface area contributed by atoms with Crippen LogP contribution in [-0.4, -0.2) is 20.9 Å². The number of aryl methyl sites for hydroxylation is 3. The summed E-state index contributed by atoms with van der Waals surface area (Å²) in [5, 5.41) is 2.78. The molecular weight excluding hydrogens is 348 g/mol. The van der Waals surface area contributed by atoms with E-state index in [0.29, 0.717) is 5.69 Å². The van der Waals surface area contributed by atoms with Crippen LogP contribution in [0, 0.1) is 13.8 Å². The molecule has 2 aromatic rings. The lowest BCUT2D eigenvalue weighted by Gasteiger charge is -2.09. The highest BCUT2D eigenvalue weighted by atomic mass is 32.2. The number of carbonyl (C=O) groups is 1. The molecule has 26 heavy (non-hydrogen) atoms. The number of carbonyl (C=O) groups excluding carboxylic acids is 1. The van der Waals surface area contributed by atoms with Crippen LogP contribution in [0.15, 0.2) is 47.4 Å². The number of amides is 1. The molecule has 0 unspecified atom stereocenters. The summed E-state index contributed by atoms with van der Waals surface area (Å²) in [4.78, 5) is 12.2. The van der Waals surface area contributed by atoms with Crippen LogP contribution in [0.4, 0.5) is 5.69 Å². The standard InChI is InChI=1S/C20H26N2O3S/c1-4-5-17-7-9-18(10-8-17)22-20(23)12-13-21-26(24,25)19-11-6-15(2)16(3)14-19/h6-11,14,21H,4-5,12-13H2,1-3H3,(H,22,23). The number of anilines is 1. The third-order valence-corrected chi connectivity index (χ3v) is 5.67. The van der Waals surface area contributed by atoms with Crippen LogP contribution in [0.25, 0.3) is 0 Å². The van der Waals surface area contributed by atoms with Crippen LogP contribution in [0.3, 0.4) is 0 Å². The summed E-state index contributed by atoms with van der Waals surface area (Å²) in [6.07, 6.45) is 2.15. The molecule has 2 aromatic carbocycles. The fourth-order valence-corrected chi connectivity index (χ4v) is 3.65. The van der Waals surface area contributed by atoms with Crippen LogP contribution in [-0.2, 0) is 21.2 Å². The van der Waals surface area contributed by atoms with Crippen LogP contribution in [0.5, 0.6) is 0 Å². The van der Waals surface area contributed by atoms with Gasteiger partial charge in [0, 0.05) is 18.7 Å². The Kier molecular flexibility index (Phi) is 6.94. The van der Waals surface area contributed by atoms with Gasteiger partial charge in [-0.2, -0.15) is 0 Å². The molecule has 0 aliphatic carbocycles. The summed E-state index contributed by atoms with van der Waals surface area (Å²) in [6, 6.07) is 12.7. The van der Waals surface area contributed by atoms with Crippen molar-refractivity contribution in [3.8, 4) is 0 Å². The van der Waals surface area contributed by atoms with E-state index in [1.54, 1.807) is 18.2 Å². The monoisotopic (exact) mass is 374 g/mol. The lowest BCUT2D eigenvalue weighted by Crippen LogP contribution is -2.28. The second kappa shape index (κ2) is 8.96. The van der Waals surface area contributed by atoms with Crippen LogP contribution < -0.4 is 10.0 Å². The van der Waals surface area contributed by atoms with Gasteiger partial charge in [0.2, 0.25) is 15.9 Å². The Morgan fingerprint density at radius 1 is 1.00 bits per heavy atom. The summed E-state index contributed by atoms with van der Waals surface area (Å²) < 4.78 is 27.1. The zero-order chi connectivity index (χ0) is 19.2. The van der Waals surface area contributed by atoms with Crippen molar-refractivity contribution in [3.63, 3.8) is 0 Å². The molecule has 0 spiro atoms. The van der Waals surface area contributed by atoms with Gasteiger partial charge in [0.1, 0.15) is 0 Å². The second-order valence-electron chi connectivity index (χ2n) is 6.39. The van der Waals surface area contributed by atoms with Crippen molar-refractivity contribution >= 4 is 21.6 Å². The van der Waals surface area contributed by atoms with E-state index < -0.39 is 10.0 Å². The zero-order valence-electron chi connectivity index (χ0n) is 15.5. The summed E-state index contributed by atoms with van der Waals surface area (Å²) in [5.74, 6) is -0.226. The van der Waals surface area contributed by atoms with E-state index in [1.807, 2.05) is 38.1 Å². The van der Waals surface area contributed by atoms with Crippen LogP contribution >= 0.6 is 0 Å². The molecule has 0 saturated heterocycles. The molecule has 0 bridgehead atoms. The maximum atomic E-state index is 12.3. The van der Waals surface area contributed by atoms with Crippen molar-refractivity contribution in [1.29, 1.82) is 0 Å². The number of hydrogen-bond donors (Lipinski definition) is 2. The van der Waals surface area contributed by atoms with Crippen molar-refractivity contribution in [2.24, 2.45) is 0 Å². The molecular formula is C20H26N2O3S. The van der Waals surface area contributed by atoms with E-state index >= 15 is 0 Å². The van der Waals surface area contributed by atoms with Gasteiger partial charge in [-0.3, -0.25) is 4.79 Å². The molecule has 5 nitrogen and oxygen atoms in total. The van der Waals surface area contributed by atoms with Gasteiger partial charge < -0.3 is 5.32 Å². The summed E-state index contributed by atoms with van der Waals surface area (Å²) in [6.45, 7) is 5.97. The van der Waals surface area contributed by atoms with E-state index in [9.17, 15) is 13.2 Å². The molecule has 0 heterocycles. The first kappa shape index (κ1) is 20.1. The molecule has 2 rings (SSSR count). The highest BCUT2D eigenvalue weighted by Crippen LogP contribution is 2.15. The van der Waals surface area contributed by atoms with Gasteiger partial charge in [-0.05, 0) is 61.2 Å². The molecule has 0 atom stereocenters. The minimum absolute atomic E-state index is 0.0506. The zero-order valence-corrected chi connectivity index (χ0v) is 16.3. The maximum Gasteiger partial charge on any atom is 0.240 e. The maximum absolute atomic E-state index is 12.3. The first-order valence-corrected chi connectivity index (χ1v) is 10.3. The Morgan fingerprint density at radius 2 is 1.69 bits per heavy atom. The lowest BCUT2D eigenvalue weighted by molar-refractivity contribution is -0.116. The van der Waals surface area contributed by atoms with Crippen molar-refractivity contribution in [2.75, 3.05) is 11.9 Å². The van der Waals surface area contributed by atoms with Crippen molar-refractivity contribution in [1.82, 2.24) is 4.72 Å². The fraction of sp³-hybridized carbons (Fsp3) is 0.350. The largest absolute Gasteiger partial charge is 0.326 e. The Labute approximate surface area is 155 Å². The average Bonchev–Trinajstić information content (AvgIpc) is 2.59. The number of sulfonamides is 1. The van der Waals surface area contributed by atoms with Gasteiger partial charge in [-0.25, -0.2) is 13.1 Å². The van der Waals surface area contributed by atoms with E-state index in [-0.39, 0.29) is 23.8 Å². The Hall–Kier alpha value is -2.18. The first-order valence-electron chi connectivity index (χ1n) is 8.77. The fourth-order valence-electron chi connectivity index (χ4n) is 2.53. The SMILES string of the molecule is CCCc1ccc(NC(=O)CCNS(=O)(=O)c2ccc(C)c(C)c2)cc1. The minimum Gasteiger partial charge on any atom is -0.326 e. The molecule has 0 saturated carbocycles. The van der Waals surface area contributed by atoms with E-state index in [2.05, 4.69) is 17.0 Å². The number of rotatable bonds is 8. The molecule has 0 radical (unpaired) electrons. The predicted octanol–water partition coefficient (Wildman–Crippen LogP) is 3.56. The molecule has 0 aromatic heterocycles. The van der Waals surface area contributed by atoms with E-state index in [4.69, 9.17) is 0 Å². The van der Waals surface area contributed by atoms with Gasteiger partial charge in [0.25, 0.3) is 0 Å². The van der Waals surface area contributed by atoms with Crippen molar-refractivity contribution in [2.45, 2.75) is 44.9 Å². The molecule has 6 heteroatoms. The topological polar surface area (TPSA) is 75.3 Å². The normalized spacial score (nSPS) is 11.3. The molecule has 2 N–H and O–H groups in total. The highest BCUT2D eigenvalue weighted by Gasteiger charge is 2.15. The summed E-state index contributed by atoms with van der Waals surface area (Å²) in [5.41, 5.74) is 3.89.